The number of carbonyl (C=O) groups is 4. The number of nitrogens with zero attached hydrogens (tertiary/aromatic N) is 3. The molecule has 3 rings (SSSR count). The second-order valence-corrected chi connectivity index (χ2v) is 11.0. The lowest BCUT2D eigenvalue weighted by atomic mass is 9.98. The topological polar surface area (TPSA) is 163 Å². The van der Waals surface area contributed by atoms with Crippen LogP contribution in [-0.4, -0.2) is 70.4 Å². The van der Waals surface area contributed by atoms with Crippen LogP contribution in [0.3, 0.4) is 0 Å². The molecule has 0 spiro atoms. The number of nitrogens with two attached hydrogens (primary N) is 1. The van der Waals surface area contributed by atoms with Crippen molar-refractivity contribution >= 4 is 57.7 Å². The summed E-state index contributed by atoms with van der Waals surface area (Å²) in [5.74, 6) is -2.12. The van der Waals surface area contributed by atoms with E-state index in [0.717, 1.165) is 17.8 Å². The monoisotopic (exact) mass is 551 g/mol. The van der Waals surface area contributed by atoms with Crippen molar-refractivity contribution in [2.45, 2.75) is 45.5 Å². The van der Waals surface area contributed by atoms with E-state index in [1.807, 2.05) is 13.0 Å². The number of aromatic nitrogens is 1. The minimum Gasteiger partial charge on any atom is -0.427 e. The molecular formula is C23H29N5O7S2. The Morgan fingerprint density at radius 1 is 1.32 bits per heavy atom. The highest BCUT2D eigenvalue weighted by molar-refractivity contribution is 8.00. The summed E-state index contributed by atoms with van der Waals surface area (Å²) in [4.78, 5) is 61.2. The maximum absolute atomic E-state index is 13.1. The SMILES string of the molecule is CC/C=C\C1=C(C(=O)OCOC(=O)C(C)(C)C)N2C(=O)C(NC(=O)/C(=N\OC)c3csc(N)n3)C2SC1. The van der Waals surface area contributed by atoms with Crippen LogP contribution >= 0.6 is 23.1 Å². The first kappa shape index (κ1) is 28.2. The van der Waals surface area contributed by atoms with Gasteiger partial charge >= 0.3 is 11.9 Å². The van der Waals surface area contributed by atoms with Crippen LogP contribution in [0.15, 0.2) is 34.0 Å². The van der Waals surface area contributed by atoms with Gasteiger partial charge in [0.05, 0.1) is 5.41 Å². The van der Waals surface area contributed by atoms with Gasteiger partial charge in [0.2, 0.25) is 6.79 Å². The molecule has 2 atom stereocenters. The summed E-state index contributed by atoms with van der Waals surface area (Å²) in [7, 11) is 1.28. The normalized spacial score (nSPS) is 19.9. The van der Waals surface area contributed by atoms with Gasteiger partial charge in [-0.2, -0.15) is 0 Å². The predicted molar refractivity (Wildman–Crippen MR) is 138 cm³/mol. The predicted octanol–water partition coefficient (Wildman–Crippen LogP) is 1.79. The zero-order chi connectivity index (χ0) is 27.3. The van der Waals surface area contributed by atoms with Crippen molar-refractivity contribution in [2.75, 3.05) is 25.4 Å². The molecule has 200 valence electrons. The highest BCUT2D eigenvalue weighted by atomic mass is 32.2. The maximum atomic E-state index is 13.1. The van der Waals surface area contributed by atoms with Crippen molar-refractivity contribution in [3.63, 3.8) is 0 Å². The first-order valence-electron chi connectivity index (χ1n) is 11.3. The lowest BCUT2D eigenvalue weighted by molar-refractivity contribution is -0.173. The van der Waals surface area contributed by atoms with Gasteiger partial charge in [0.25, 0.3) is 11.8 Å². The fourth-order valence-corrected chi connectivity index (χ4v) is 5.21. The third-order valence-corrected chi connectivity index (χ3v) is 7.16. The van der Waals surface area contributed by atoms with Crippen LogP contribution in [0.1, 0.15) is 39.8 Å². The number of allylic oxidation sites excluding steroid dienone is 2. The number of amides is 2. The minimum atomic E-state index is -0.922. The molecule has 3 heterocycles. The Hall–Kier alpha value is -3.39. The minimum absolute atomic E-state index is 0.0498. The maximum Gasteiger partial charge on any atom is 0.358 e. The van der Waals surface area contributed by atoms with Crippen molar-refractivity contribution in [1.29, 1.82) is 0 Å². The van der Waals surface area contributed by atoms with Crippen LogP contribution in [0.4, 0.5) is 5.13 Å². The van der Waals surface area contributed by atoms with Crippen molar-refractivity contribution in [3.05, 3.63) is 34.5 Å². The van der Waals surface area contributed by atoms with Crippen LogP contribution in [0.25, 0.3) is 0 Å². The standard InChI is InChI=1S/C23H29N5O7S2/c1-6-7-8-12-9-36-19-15(26-17(29)14(27-33-5)13-10-37-22(24)25-13)18(30)28(19)16(12)20(31)34-11-35-21(32)23(2,3)4/h7-8,10,15,19H,6,9,11H2,1-5H3,(H2,24,25)(H,26,29)/b8-7-,27-14-. The largest absolute Gasteiger partial charge is 0.427 e. The molecule has 1 aromatic rings. The highest BCUT2D eigenvalue weighted by Crippen LogP contribution is 2.41. The van der Waals surface area contributed by atoms with Gasteiger partial charge < -0.3 is 25.4 Å². The number of nitrogen functional groups attached to an aromatic ring is 1. The van der Waals surface area contributed by atoms with Gasteiger partial charge in [-0.25, -0.2) is 9.78 Å². The van der Waals surface area contributed by atoms with Crippen molar-refractivity contribution in [1.82, 2.24) is 15.2 Å². The van der Waals surface area contributed by atoms with Crippen LogP contribution in [0.5, 0.6) is 0 Å². The molecule has 0 radical (unpaired) electrons. The van der Waals surface area contributed by atoms with Gasteiger partial charge in [0, 0.05) is 11.1 Å². The Kier molecular flexibility index (Phi) is 8.97. The molecule has 14 heteroatoms. The van der Waals surface area contributed by atoms with E-state index in [4.69, 9.17) is 20.0 Å². The van der Waals surface area contributed by atoms with E-state index in [1.165, 1.54) is 23.8 Å². The number of anilines is 1. The molecule has 1 fully saturated rings. The fourth-order valence-electron chi connectivity index (χ4n) is 3.34. The Bertz CT molecular complexity index is 1170. The highest BCUT2D eigenvalue weighted by Gasteiger charge is 2.54. The Labute approximate surface area is 222 Å². The van der Waals surface area contributed by atoms with Crippen molar-refractivity contribution < 1.29 is 33.5 Å². The number of fused-ring (bicyclic) bond motifs is 1. The first-order chi connectivity index (χ1) is 17.5. The number of ether oxygens (including phenoxy) is 2. The van der Waals surface area contributed by atoms with Crippen molar-refractivity contribution in [2.24, 2.45) is 10.6 Å². The van der Waals surface area contributed by atoms with E-state index in [9.17, 15) is 19.2 Å². The number of β-lactam (4-membered cyclic amide) rings is 1. The van der Waals surface area contributed by atoms with Gasteiger partial charge in [0.1, 0.15) is 29.9 Å². The summed E-state index contributed by atoms with van der Waals surface area (Å²) in [6, 6.07) is -0.922. The van der Waals surface area contributed by atoms with Gasteiger partial charge in [0.15, 0.2) is 10.8 Å². The van der Waals surface area contributed by atoms with Gasteiger partial charge in [-0.15, -0.1) is 23.1 Å². The van der Waals surface area contributed by atoms with E-state index >= 15 is 0 Å². The Morgan fingerprint density at radius 3 is 2.65 bits per heavy atom. The second-order valence-electron chi connectivity index (χ2n) is 8.97. The van der Waals surface area contributed by atoms with E-state index in [2.05, 4.69) is 15.5 Å². The third kappa shape index (κ3) is 6.31. The number of rotatable bonds is 9. The molecule has 1 aromatic heterocycles. The summed E-state index contributed by atoms with van der Waals surface area (Å²) in [5, 5.41) is 7.62. The molecule has 1 saturated heterocycles. The van der Waals surface area contributed by atoms with E-state index in [0.29, 0.717) is 11.3 Å². The number of esters is 2. The number of nitrogens with one attached hydrogen (secondary N) is 1. The Morgan fingerprint density at radius 2 is 2.05 bits per heavy atom. The molecule has 2 amide bonds. The lowest BCUT2D eigenvalue weighted by Gasteiger charge is -2.49. The Balaban J connectivity index is 1.76. The summed E-state index contributed by atoms with van der Waals surface area (Å²) in [5.41, 5.74) is 5.61. The lowest BCUT2D eigenvalue weighted by Crippen LogP contribution is -2.71. The number of hydrogen-bond donors (Lipinski definition) is 2. The summed E-state index contributed by atoms with van der Waals surface area (Å²) in [6.07, 6.45) is 4.34. The average Bonchev–Trinajstić information content (AvgIpc) is 3.28. The molecule has 0 aromatic carbocycles. The van der Waals surface area contributed by atoms with E-state index in [1.54, 1.807) is 32.2 Å². The molecule has 12 nitrogen and oxygen atoms in total. The molecule has 3 N–H and O–H groups in total. The first-order valence-corrected chi connectivity index (χ1v) is 13.2. The molecule has 0 aliphatic carbocycles. The van der Waals surface area contributed by atoms with E-state index in [-0.39, 0.29) is 22.2 Å². The molecule has 37 heavy (non-hydrogen) atoms. The number of thioether (sulfide) groups is 1. The molecule has 2 unspecified atom stereocenters. The van der Waals surface area contributed by atoms with E-state index < -0.39 is 47.4 Å². The number of thiazole rings is 1. The van der Waals surface area contributed by atoms with Gasteiger partial charge in [-0.1, -0.05) is 24.2 Å². The van der Waals surface area contributed by atoms with Gasteiger partial charge in [-0.05, 0) is 32.8 Å². The van der Waals surface area contributed by atoms with Gasteiger partial charge in [-0.3, -0.25) is 19.3 Å². The molecule has 0 bridgehead atoms. The molecule has 0 saturated carbocycles. The summed E-state index contributed by atoms with van der Waals surface area (Å²) >= 11 is 2.52. The van der Waals surface area contributed by atoms with Crippen LogP contribution in [-0.2, 0) is 33.5 Å². The summed E-state index contributed by atoms with van der Waals surface area (Å²) in [6.45, 7) is 6.38. The number of carbonyl (C=O) groups excluding carboxylic acids is 4. The molecule has 2 aliphatic rings. The van der Waals surface area contributed by atoms with Crippen LogP contribution in [0.2, 0.25) is 0 Å². The molecule has 2 aliphatic heterocycles. The zero-order valence-corrected chi connectivity index (χ0v) is 22.7. The van der Waals surface area contributed by atoms with Crippen LogP contribution < -0.4 is 11.1 Å². The number of hydrogen-bond acceptors (Lipinski definition) is 12. The van der Waals surface area contributed by atoms with Crippen LogP contribution in [0, 0.1) is 5.41 Å². The third-order valence-electron chi connectivity index (χ3n) is 5.19. The quantitative estimate of drug-likeness (QED) is 0.152. The fraction of sp³-hybridized carbons (Fsp3) is 0.478. The summed E-state index contributed by atoms with van der Waals surface area (Å²) < 4.78 is 10.2. The average molecular weight is 552 g/mol. The smallest absolute Gasteiger partial charge is 0.358 e. The molecular weight excluding hydrogens is 522 g/mol. The second kappa shape index (κ2) is 11.8. The number of oxime groups is 1. The zero-order valence-electron chi connectivity index (χ0n) is 21.1. The van der Waals surface area contributed by atoms with Crippen molar-refractivity contribution in [3.8, 4) is 0 Å².